The van der Waals surface area contributed by atoms with Crippen molar-refractivity contribution in [1.29, 1.82) is 0 Å². The van der Waals surface area contributed by atoms with Gasteiger partial charge in [0.1, 0.15) is 5.82 Å². The molecule has 0 bridgehead atoms. The van der Waals surface area contributed by atoms with Crippen LogP contribution in [0.15, 0.2) is 22.7 Å². The van der Waals surface area contributed by atoms with E-state index in [1.54, 1.807) is 6.07 Å². The zero-order valence-corrected chi connectivity index (χ0v) is 11.7. The Balaban J connectivity index is 2.09. The molecule has 1 aromatic carbocycles. The second kappa shape index (κ2) is 6.78. The predicted molar refractivity (Wildman–Crippen MR) is 72.7 cm³/mol. The number of aromatic nitrogens is 2. The van der Waals surface area contributed by atoms with Gasteiger partial charge in [-0.15, -0.1) is 0 Å². The van der Waals surface area contributed by atoms with E-state index in [0.29, 0.717) is 24.6 Å². The van der Waals surface area contributed by atoms with E-state index < -0.39 is 11.9 Å². The molecule has 0 radical (unpaired) electrons. The summed E-state index contributed by atoms with van der Waals surface area (Å²) in [7, 11) is 0. The zero-order valence-electron chi connectivity index (χ0n) is 11.0. The minimum atomic E-state index is -0.542. The number of nitrogens with zero attached hydrogens (tertiary/aromatic N) is 2. The summed E-state index contributed by atoms with van der Waals surface area (Å²) >= 11 is 5.62. The Labute approximate surface area is 120 Å². The topological polar surface area (TPSA) is 74.2 Å². The summed E-state index contributed by atoms with van der Waals surface area (Å²) in [5, 5.41) is 3.82. The van der Waals surface area contributed by atoms with Crippen molar-refractivity contribution in [3.63, 3.8) is 0 Å². The van der Waals surface area contributed by atoms with Crippen molar-refractivity contribution in [3.8, 4) is 11.5 Å². The highest BCUT2D eigenvalue weighted by Crippen LogP contribution is 2.23. The third-order valence-electron chi connectivity index (χ3n) is 2.59. The number of nitrogens with two attached hydrogens (primary N) is 1. The maximum Gasteiger partial charge on any atom is 0.258 e. The molecule has 0 aliphatic carbocycles. The summed E-state index contributed by atoms with van der Waals surface area (Å²) < 4.78 is 23.8. The van der Waals surface area contributed by atoms with Gasteiger partial charge in [0.25, 0.3) is 5.89 Å². The Morgan fingerprint density at radius 2 is 2.30 bits per heavy atom. The van der Waals surface area contributed by atoms with E-state index in [1.807, 2.05) is 6.92 Å². The molecule has 1 atom stereocenters. The summed E-state index contributed by atoms with van der Waals surface area (Å²) in [5.74, 6) is -0.0209. The average molecular weight is 300 g/mol. The van der Waals surface area contributed by atoms with Crippen LogP contribution in [0.4, 0.5) is 4.39 Å². The van der Waals surface area contributed by atoms with Crippen LogP contribution in [-0.2, 0) is 4.74 Å². The summed E-state index contributed by atoms with van der Waals surface area (Å²) in [5.41, 5.74) is 6.33. The second-order valence-electron chi connectivity index (χ2n) is 4.27. The molecule has 108 valence electrons. The van der Waals surface area contributed by atoms with Crippen molar-refractivity contribution < 1.29 is 13.7 Å². The lowest BCUT2D eigenvalue weighted by molar-refractivity contribution is 0.119. The van der Waals surface area contributed by atoms with Gasteiger partial charge in [-0.25, -0.2) is 4.39 Å². The van der Waals surface area contributed by atoms with Gasteiger partial charge in [0.15, 0.2) is 5.82 Å². The first-order valence-corrected chi connectivity index (χ1v) is 6.62. The number of rotatable bonds is 6. The van der Waals surface area contributed by atoms with Crippen molar-refractivity contribution in [3.05, 3.63) is 34.9 Å². The summed E-state index contributed by atoms with van der Waals surface area (Å²) in [4.78, 5) is 4.14. The van der Waals surface area contributed by atoms with Gasteiger partial charge in [0.2, 0.25) is 0 Å². The van der Waals surface area contributed by atoms with E-state index >= 15 is 0 Å². The highest BCUT2D eigenvalue weighted by molar-refractivity contribution is 6.30. The van der Waals surface area contributed by atoms with Crippen LogP contribution in [0.25, 0.3) is 11.5 Å². The number of ether oxygens (including phenoxy) is 1. The first-order valence-electron chi connectivity index (χ1n) is 6.24. The smallest absolute Gasteiger partial charge is 0.258 e. The summed E-state index contributed by atoms with van der Waals surface area (Å²) in [6.07, 6.45) is 0.911. The van der Waals surface area contributed by atoms with Gasteiger partial charge in [0.05, 0.1) is 17.7 Å². The monoisotopic (exact) mass is 299 g/mol. The lowest BCUT2D eigenvalue weighted by atomic mass is 10.2. The fourth-order valence-corrected chi connectivity index (χ4v) is 1.68. The van der Waals surface area contributed by atoms with Crippen LogP contribution in [0, 0.1) is 5.82 Å². The number of halogens is 2. The molecule has 0 fully saturated rings. The van der Waals surface area contributed by atoms with Gasteiger partial charge in [-0.3, -0.25) is 0 Å². The molecule has 5 nitrogen and oxygen atoms in total. The van der Waals surface area contributed by atoms with Gasteiger partial charge >= 0.3 is 0 Å². The molecule has 1 heterocycles. The maximum absolute atomic E-state index is 13.4. The first-order chi connectivity index (χ1) is 9.61. The van der Waals surface area contributed by atoms with Crippen LogP contribution in [-0.4, -0.2) is 23.4 Å². The van der Waals surface area contributed by atoms with Gasteiger partial charge < -0.3 is 15.0 Å². The van der Waals surface area contributed by atoms with Crippen molar-refractivity contribution in [2.45, 2.75) is 19.4 Å². The molecule has 0 aliphatic rings. The van der Waals surface area contributed by atoms with Crippen molar-refractivity contribution in [2.24, 2.45) is 5.73 Å². The molecule has 0 aliphatic heterocycles. The summed E-state index contributed by atoms with van der Waals surface area (Å²) in [6.45, 7) is 2.94. The molecule has 0 saturated carbocycles. The normalized spacial score (nSPS) is 12.6. The van der Waals surface area contributed by atoms with Gasteiger partial charge in [-0.2, -0.15) is 4.98 Å². The minimum absolute atomic E-state index is 0.0400. The largest absolute Gasteiger partial charge is 0.379 e. The average Bonchev–Trinajstić information content (AvgIpc) is 2.92. The van der Waals surface area contributed by atoms with Crippen LogP contribution in [0.2, 0.25) is 5.02 Å². The lowest BCUT2D eigenvalue weighted by Crippen LogP contribution is -2.18. The van der Waals surface area contributed by atoms with Crippen LogP contribution < -0.4 is 5.73 Å². The molecule has 1 aromatic heterocycles. The standard InChI is InChI=1S/C13H15ClFN3O2/c1-2-5-19-7-11(16)12-17-13(20-18-12)8-3-4-9(14)10(15)6-8/h3-4,6,11H,2,5,7,16H2,1H3. The Hall–Kier alpha value is -1.50. The predicted octanol–water partition coefficient (Wildman–Crippen LogP) is 2.96. The number of hydrogen-bond acceptors (Lipinski definition) is 5. The highest BCUT2D eigenvalue weighted by atomic mass is 35.5. The van der Waals surface area contributed by atoms with Crippen LogP contribution in [0.5, 0.6) is 0 Å². The van der Waals surface area contributed by atoms with Gasteiger partial charge in [-0.05, 0) is 24.6 Å². The fraction of sp³-hybridized carbons (Fsp3) is 0.385. The molecule has 2 N–H and O–H groups in total. The van der Waals surface area contributed by atoms with E-state index in [1.165, 1.54) is 12.1 Å². The number of hydrogen-bond donors (Lipinski definition) is 1. The molecule has 0 spiro atoms. The molecule has 2 aromatic rings. The molecular weight excluding hydrogens is 285 g/mol. The van der Waals surface area contributed by atoms with Gasteiger partial charge in [0, 0.05) is 12.2 Å². The van der Waals surface area contributed by atoms with E-state index in [9.17, 15) is 4.39 Å². The van der Waals surface area contributed by atoms with Crippen molar-refractivity contribution >= 4 is 11.6 Å². The van der Waals surface area contributed by atoms with Crippen molar-refractivity contribution in [1.82, 2.24) is 10.1 Å². The molecule has 0 amide bonds. The molecule has 0 saturated heterocycles. The maximum atomic E-state index is 13.4. The van der Waals surface area contributed by atoms with E-state index in [4.69, 9.17) is 26.6 Å². The fourth-order valence-electron chi connectivity index (χ4n) is 1.56. The highest BCUT2D eigenvalue weighted by Gasteiger charge is 2.16. The van der Waals surface area contributed by atoms with Crippen LogP contribution in [0.1, 0.15) is 25.2 Å². The van der Waals surface area contributed by atoms with E-state index in [2.05, 4.69) is 10.1 Å². The molecule has 20 heavy (non-hydrogen) atoms. The summed E-state index contributed by atoms with van der Waals surface area (Å²) in [6, 6.07) is 3.79. The minimum Gasteiger partial charge on any atom is -0.379 e. The third-order valence-corrected chi connectivity index (χ3v) is 2.89. The Bertz CT molecular complexity index is 576. The Morgan fingerprint density at radius 3 is 3.00 bits per heavy atom. The quantitative estimate of drug-likeness (QED) is 0.830. The first kappa shape index (κ1) is 14.9. The Morgan fingerprint density at radius 1 is 1.50 bits per heavy atom. The lowest BCUT2D eigenvalue weighted by Gasteiger charge is -2.06. The SMILES string of the molecule is CCCOCC(N)c1noc(-c2ccc(Cl)c(F)c2)n1. The third kappa shape index (κ3) is 3.53. The van der Waals surface area contributed by atoms with Crippen LogP contribution in [0.3, 0.4) is 0 Å². The van der Waals surface area contributed by atoms with E-state index in [-0.39, 0.29) is 10.9 Å². The zero-order chi connectivity index (χ0) is 14.5. The van der Waals surface area contributed by atoms with Crippen molar-refractivity contribution in [2.75, 3.05) is 13.2 Å². The van der Waals surface area contributed by atoms with E-state index in [0.717, 1.165) is 6.42 Å². The Kier molecular flexibility index (Phi) is 5.05. The molecule has 1 unspecified atom stereocenters. The molecular formula is C13H15ClFN3O2. The van der Waals surface area contributed by atoms with Crippen LogP contribution >= 0.6 is 11.6 Å². The molecule has 7 heteroatoms. The molecule has 2 rings (SSSR count). The number of benzene rings is 1. The second-order valence-corrected chi connectivity index (χ2v) is 4.68. The van der Waals surface area contributed by atoms with Gasteiger partial charge in [-0.1, -0.05) is 23.7 Å².